The Morgan fingerprint density at radius 3 is 2.83 bits per heavy atom. The molecule has 2 nitrogen and oxygen atoms in total. The van der Waals surface area contributed by atoms with Crippen LogP contribution in [-0.4, -0.2) is 18.6 Å². The minimum atomic E-state index is 0.227. The number of rotatable bonds is 3. The molecule has 0 bridgehead atoms. The molecule has 18 heavy (non-hydrogen) atoms. The van der Waals surface area contributed by atoms with Crippen LogP contribution in [0.3, 0.4) is 0 Å². The molecule has 2 N–H and O–H groups in total. The molecule has 0 saturated carbocycles. The van der Waals surface area contributed by atoms with Gasteiger partial charge in [0.15, 0.2) is 0 Å². The predicted molar refractivity (Wildman–Crippen MR) is 79.2 cm³/mol. The number of nitrogens with zero attached hydrogens (tertiary/aromatic N) is 1. The highest BCUT2D eigenvalue weighted by Crippen LogP contribution is 2.29. The van der Waals surface area contributed by atoms with Crippen molar-refractivity contribution in [1.29, 1.82) is 0 Å². The third-order valence-corrected chi connectivity index (χ3v) is 3.89. The summed E-state index contributed by atoms with van der Waals surface area (Å²) >= 11 is 0. The summed E-state index contributed by atoms with van der Waals surface area (Å²) in [6.45, 7) is 7.78. The topological polar surface area (TPSA) is 29.3 Å². The molecule has 1 aromatic carbocycles. The molecule has 0 aliphatic carbocycles. The summed E-state index contributed by atoms with van der Waals surface area (Å²) in [5, 5.41) is 0. The van der Waals surface area contributed by atoms with E-state index in [2.05, 4.69) is 43.9 Å². The van der Waals surface area contributed by atoms with E-state index in [0.29, 0.717) is 6.04 Å². The van der Waals surface area contributed by atoms with Gasteiger partial charge in [0.2, 0.25) is 0 Å². The van der Waals surface area contributed by atoms with Crippen LogP contribution in [0.5, 0.6) is 0 Å². The van der Waals surface area contributed by atoms with Gasteiger partial charge in [-0.05, 0) is 58.1 Å². The molecular weight excluding hydrogens is 220 g/mol. The average Bonchev–Trinajstić information content (AvgIpc) is 2.30. The molecule has 2 unspecified atom stereocenters. The quantitative estimate of drug-likeness (QED) is 0.887. The number of benzene rings is 1. The molecule has 0 aromatic heterocycles. The number of nitrogens with two attached hydrogens (primary N) is 1. The van der Waals surface area contributed by atoms with E-state index in [1.54, 1.807) is 0 Å². The Morgan fingerprint density at radius 2 is 2.17 bits per heavy atom. The molecule has 2 heteroatoms. The van der Waals surface area contributed by atoms with Crippen LogP contribution in [0.1, 0.15) is 44.2 Å². The highest BCUT2D eigenvalue weighted by atomic mass is 15.2. The Bertz CT molecular complexity index is 398. The van der Waals surface area contributed by atoms with Crippen molar-refractivity contribution in [2.75, 3.05) is 11.4 Å². The molecule has 1 saturated heterocycles. The van der Waals surface area contributed by atoms with Crippen LogP contribution in [0, 0.1) is 6.92 Å². The Kier molecular flexibility index (Phi) is 4.28. The van der Waals surface area contributed by atoms with Gasteiger partial charge in [-0.1, -0.05) is 17.7 Å². The van der Waals surface area contributed by atoms with Gasteiger partial charge in [-0.25, -0.2) is 0 Å². The fourth-order valence-electron chi connectivity index (χ4n) is 2.96. The Morgan fingerprint density at radius 1 is 1.39 bits per heavy atom. The van der Waals surface area contributed by atoms with Crippen molar-refractivity contribution in [3.8, 4) is 0 Å². The van der Waals surface area contributed by atoms with Gasteiger partial charge >= 0.3 is 0 Å². The third-order valence-electron chi connectivity index (χ3n) is 3.89. The molecule has 0 amide bonds. The number of anilines is 1. The van der Waals surface area contributed by atoms with Gasteiger partial charge in [-0.15, -0.1) is 0 Å². The fraction of sp³-hybridized carbons (Fsp3) is 0.625. The van der Waals surface area contributed by atoms with E-state index in [4.69, 9.17) is 5.73 Å². The molecule has 1 aliphatic heterocycles. The molecule has 1 heterocycles. The smallest absolute Gasteiger partial charge is 0.0401 e. The monoisotopic (exact) mass is 246 g/mol. The molecular formula is C16H26N2. The molecule has 2 rings (SSSR count). The molecule has 100 valence electrons. The number of aryl methyl sites for hydroxylation is 1. The van der Waals surface area contributed by atoms with Crippen LogP contribution in [0.25, 0.3) is 0 Å². The second kappa shape index (κ2) is 5.75. The Labute approximate surface area is 111 Å². The first-order chi connectivity index (χ1) is 8.58. The van der Waals surface area contributed by atoms with Gasteiger partial charge in [0.25, 0.3) is 0 Å². The Balaban J connectivity index is 2.30. The van der Waals surface area contributed by atoms with Gasteiger partial charge in [-0.2, -0.15) is 0 Å². The van der Waals surface area contributed by atoms with Crippen LogP contribution < -0.4 is 10.6 Å². The van der Waals surface area contributed by atoms with Gasteiger partial charge in [-0.3, -0.25) is 0 Å². The van der Waals surface area contributed by atoms with Crippen molar-refractivity contribution in [2.24, 2.45) is 5.73 Å². The van der Waals surface area contributed by atoms with Gasteiger partial charge < -0.3 is 10.6 Å². The van der Waals surface area contributed by atoms with Gasteiger partial charge in [0.05, 0.1) is 0 Å². The summed E-state index contributed by atoms with van der Waals surface area (Å²) < 4.78 is 0. The van der Waals surface area contributed by atoms with Gasteiger partial charge in [0.1, 0.15) is 0 Å². The first-order valence-corrected chi connectivity index (χ1v) is 7.19. The number of hydrogen-bond acceptors (Lipinski definition) is 2. The standard InChI is InChI=1S/C16H26N2/c1-12-7-8-16(15(10-12)11-13(2)17)18-9-5-4-6-14(18)3/h7-8,10,13-14H,4-6,9,11,17H2,1-3H3. The van der Waals surface area contributed by atoms with E-state index in [0.717, 1.165) is 6.42 Å². The lowest BCUT2D eigenvalue weighted by molar-refractivity contribution is 0.483. The van der Waals surface area contributed by atoms with Crippen LogP contribution in [0.15, 0.2) is 18.2 Å². The molecule has 2 atom stereocenters. The maximum atomic E-state index is 5.99. The lowest BCUT2D eigenvalue weighted by Crippen LogP contribution is -2.38. The molecule has 1 fully saturated rings. The summed E-state index contributed by atoms with van der Waals surface area (Å²) in [4.78, 5) is 2.57. The summed E-state index contributed by atoms with van der Waals surface area (Å²) in [7, 11) is 0. The van der Waals surface area contributed by atoms with Crippen molar-refractivity contribution in [2.45, 2.75) is 58.5 Å². The maximum absolute atomic E-state index is 5.99. The summed E-state index contributed by atoms with van der Waals surface area (Å²) in [5.74, 6) is 0. The third kappa shape index (κ3) is 3.05. The van der Waals surface area contributed by atoms with Crippen molar-refractivity contribution in [1.82, 2.24) is 0 Å². The first kappa shape index (κ1) is 13.4. The van der Waals surface area contributed by atoms with Crippen molar-refractivity contribution in [3.63, 3.8) is 0 Å². The molecule has 1 aliphatic rings. The zero-order valence-corrected chi connectivity index (χ0v) is 11.9. The summed E-state index contributed by atoms with van der Waals surface area (Å²) in [6.07, 6.45) is 4.97. The van der Waals surface area contributed by atoms with E-state index in [9.17, 15) is 0 Å². The first-order valence-electron chi connectivity index (χ1n) is 7.19. The zero-order chi connectivity index (χ0) is 13.1. The van der Waals surface area contributed by atoms with Crippen LogP contribution in [0.2, 0.25) is 0 Å². The highest BCUT2D eigenvalue weighted by molar-refractivity contribution is 5.56. The number of piperidine rings is 1. The van der Waals surface area contributed by atoms with Crippen molar-refractivity contribution in [3.05, 3.63) is 29.3 Å². The van der Waals surface area contributed by atoms with Crippen molar-refractivity contribution >= 4 is 5.69 Å². The largest absolute Gasteiger partial charge is 0.369 e. The van der Waals surface area contributed by atoms with E-state index in [1.807, 2.05) is 0 Å². The molecule has 0 spiro atoms. The van der Waals surface area contributed by atoms with E-state index in [-0.39, 0.29) is 6.04 Å². The second-order valence-corrected chi connectivity index (χ2v) is 5.85. The maximum Gasteiger partial charge on any atom is 0.0401 e. The molecule has 1 aromatic rings. The summed E-state index contributed by atoms with van der Waals surface area (Å²) in [5.41, 5.74) is 10.1. The predicted octanol–water partition coefficient (Wildman–Crippen LogP) is 3.26. The van der Waals surface area contributed by atoms with E-state index < -0.39 is 0 Å². The lowest BCUT2D eigenvalue weighted by Gasteiger charge is -2.37. The van der Waals surface area contributed by atoms with Crippen molar-refractivity contribution < 1.29 is 0 Å². The fourth-order valence-corrected chi connectivity index (χ4v) is 2.96. The average molecular weight is 246 g/mol. The SMILES string of the molecule is Cc1ccc(N2CCCCC2C)c(CC(C)N)c1. The Hall–Kier alpha value is -1.02. The minimum Gasteiger partial charge on any atom is -0.369 e. The van der Waals surface area contributed by atoms with E-state index in [1.165, 1.54) is 42.6 Å². The summed E-state index contributed by atoms with van der Waals surface area (Å²) in [6, 6.07) is 7.70. The number of hydrogen-bond donors (Lipinski definition) is 1. The van der Waals surface area contributed by atoms with E-state index >= 15 is 0 Å². The lowest BCUT2D eigenvalue weighted by atomic mass is 9.97. The highest BCUT2D eigenvalue weighted by Gasteiger charge is 2.21. The van der Waals surface area contributed by atoms with Crippen LogP contribution >= 0.6 is 0 Å². The minimum absolute atomic E-state index is 0.227. The van der Waals surface area contributed by atoms with Gasteiger partial charge in [0, 0.05) is 24.3 Å². The second-order valence-electron chi connectivity index (χ2n) is 5.85. The van der Waals surface area contributed by atoms with Crippen LogP contribution in [0.4, 0.5) is 5.69 Å². The zero-order valence-electron chi connectivity index (χ0n) is 11.9. The molecule has 0 radical (unpaired) electrons. The van der Waals surface area contributed by atoms with Crippen LogP contribution in [-0.2, 0) is 6.42 Å². The normalized spacial score (nSPS) is 22.0.